The van der Waals surface area contributed by atoms with Crippen LogP contribution >= 0.6 is 0 Å². The third kappa shape index (κ3) is 4.92. The summed E-state index contributed by atoms with van der Waals surface area (Å²) in [5.41, 5.74) is -0.476. The van der Waals surface area contributed by atoms with Gasteiger partial charge in [0.05, 0.1) is 36.1 Å². The van der Waals surface area contributed by atoms with E-state index < -0.39 is 32.5 Å². The second-order valence-electron chi connectivity index (χ2n) is 6.25. The van der Waals surface area contributed by atoms with E-state index in [1.165, 1.54) is 44.6 Å². The molecule has 7 nitrogen and oxygen atoms in total. The first kappa shape index (κ1) is 22.0. The van der Waals surface area contributed by atoms with Crippen LogP contribution in [0.1, 0.15) is 10.4 Å². The minimum Gasteiger partial charge on any atom is -0.497 e. The third-order valence-corrected chi connectivity index (χ3v) is 5.63. The number of rotatable bonds is 7. The molecule has 31 heavy (non-hydrogen) atoms. The maximum absolute atomic E-state index is 14.5. The maximum Gasteiger partial charge on any atom is 0.262 e. The normalized spacial score (nSPS) is 11.0. The number of anilines is 2. The van der Waals surface area contributed by atoms with Gasteiger partial charge in [-0.3, -0.25) is 9.52 Å². The van der Waals surface area contributed by atoms with E-state index in [0.29, 0.717) is 5.75 Å². The SMILES string of the molecule is COc1ccc(OC)c(NS(=O)(=O)c2ccc(NC(=O)c3ccccc3F)c(F)c2)c1. The zero-order valence-corrected chi connectivity index (χ0v) is 17.3. The van der Waals surface area contributed by atoms with Crippen molar-refractivity contribution in [2.24, 2.45) is 0 Å². The molecule has 2 N–H and O–H groups in total. The van der Waals surface area contributed by atoms with Crippen molar-refractivity contribution in [2.45, 2.75) is 4.90 Å². The van der Waals surface area contributed by atoms with E-state index in [1.54, 1.807) is 6.07 Å². The number of nitrogens with one attached hydrogen (secondary N) is 2. The predicted octanol–water partition coefficient (Wildman–Crippen LogP) is 4.04. The largest absolute Gasteiger partial charge is 0.497 e. The number of methoxy groups -OCH3 is 2. The van der Waals surface area contributed by atoms with Gasteiger partial charge in [-0.15, -0.1) is 0 Å². The highest BCUT2D eigenvalue weighted by molar-refractivity contribution is 7.92. The van der Waals surface area contributed by atoms with Crippen LogP contribution < -0.4 is 19.5 Å². The number of hydrogen-bond acceptors (Lipinski definition) is 5. The molecule has 1 amide bonds. The Morgan fingerprint density at radius 2 is 1.61 bits per heavy atom. The van der Waals surface area contributed by atoms with E-state index in [-0.39, 0.29) is 22.7 Å². The van der Waals surface area contributed by atoms with Gasteiger partial charge < -0.3 is 14.8 Å². The number of benzene rings is 3. The first-order valence-corrected chi connectivity index (χ1v) is 10.3. The molecule has 10 heteroatoms. The van der Waals surface area contributed by atoms with Gasteiger partial charge in [-0.1, -0.05) is 12.1 Å². The molecule has 3 rings (SSSR count). The highest BCUT2D eigenvalue weighted by Gasteiger charge is 2.20. The second kappa shape index (κ2) is 9.00. The molecule has 162 valence electrons. The van der Waals surface area contributed by atoms with Crippen LogP contribution in [0.3, 0.4) is 0 Å². The van der Waals surface area contributed by atoms with E-state index in [0.717, 1.165) is 24.3 Å². The lowest BCUT2D eigenvalue weighted by Gasteiger charge is -2.14. The molecule has 0 saturated carbocycles. The van der Waals surface area contributed by atoms with E-state index >= 15 is 0 Å². The number of amides is 1. The van der Waals surface area contributed by atoms with Crippen molar-refractivity contribution in [2.75, 3.05) is 24.3 Å². The lowest BCUT2D eigenvalue weighted by molar-refractivity contribution is 0.102. The van der Waals surface area contributed by atoms with Crippen molar-refractivity contribution in [3.8, 4) is 11.5 Å². The van der Waals surface area contributed by atoms with Crippen LogP contribution in [0.2, 0.25) is 0 Å². The lowest BCUT2D eigenvalue weighted by Crippen LogP contribution is -2.16. The van der Waals surface area contributed by atoms with Crippen LogP contribution in [0.5, 0.6) is 11.5 Å². The summed E-state index contributed by atoms with van der Waals surface area (Å²) in [5, 5.41) is 2.22. The molecule has 0 radical (unpaired) electrons. The van der Waals surface area contributed by atoms with E-state index in [2.05, 4.69) is 10.0 Å². The number of carbonyl (C=O) groups is 1. The van der Waals surface area contributed by atoms with Crippen molar-refractivity contribution in [1.29, 1.82) is 0 Å². The molecule has 0 aliphatic carbocycles. The lowest BCUT2D eigenvalue weighted by atomic mass is 10.2. The minimum absolute atomic E-state index is 0.0965. The molecule has 0 saturated heterocycles. The molecule has 3 aromatic carbocycles. The Hall–Kier alpha value is -3.66. The van der Waals surface area contributed by atoms with Crippen molar-refractivity contribution in [3.05, 3.63) is 77.9 Å². The molecule has 0 aromatic heterocycles. The summed E-state index contributed by atoms with van der Waals surface area (Å²) >= 11 is 0. The molecule has 0 bridgehead atoms. The van der Waals surface area contributed by atoms with Crippen LogP contribution in [-0.2, 0) is 10.0 Å². The van der Waals surface area contributed by atoms with Crippen LogP contribution in [-0.4, -0.2) is 28.5 Å². The average molecular weight is 448 g/mol. The number of halogens is 2. The maximum atomic E-state index is 14.5. The molecule has 0 fully saturated rings. The summed E-state index contributed by atoms with van der Waals surface area (Å²) in [7, 11) is -1.41. The summed E-state index contributed by atoms with van der Waals surface area (Å²) in [6.07, 6.45) is 0. The van der Waals surface area contributed by atoms with Crippen molar-refractivity contribution >= 4 is 27.3 Å². The summed E-state index contributed by atoms with van der Waals surface area (Å²) in [6, 6.07) is 12.6. The average Bonchev–Trinajstić information content (AvgIpc) is 2.75. The highest BCUT2D eigenvalue weighted by atomic mass is 32.2. The Morgan fingerprint density at radius 3 is 2.26 bits per heavy atom. The van der Waals surface area contributed by atoms with Gasteiger partial charge in [-0.05, 0) is 42.5 Å². The number of hydrogen-bond donors (Lipinski definition) is 2. The van der Waals surface area contributed by atoms with Crippen LogP contribution in [0.25, 0.3) is 0 Å². The molecule has 0 atom stereocenters. The Labute approximate surface area is 177 Å². The number of sulfonamides is 1. The topological polar surface area (TPSA) is 93.7 Å². The summed E-state index contributed by atoms with van der Waals surface area (Å²) in [5.74, 6) is -2.03. The smallest absolute Gasteiger partial charge is 0.262 e. The molecule has 0 aliphatic heterocycles. The quantitative estimate of drug-likeness (QED) is 0.569. The number of ether oxygens (including phenoxy) is 2. The van der Waals surface area contributed by atoms with E-state index in [9.17, 15) is 22.0 Å². The van der Waals surface area contributed by atoms with Crippen LogP contribution in [0, 0.1) is 11.6 Å². The van der Waals surface area contributed by atoms with Gasteiger partial charge in [0.2, 0.25) is 0 Å². The molecule has 0 aliphatic rings. The number of carbonyl (C=O) groups excluding carboxylic acids is 1. The zero-order chi connectivity index (χ0) is 22.6. The zero-order valence-electron chi connectivity index (χ0n) is 16.5. The van der Waals surface area contributed by atoms with E-state index in [4.69, 9.17) is 9.47 Å². The minimum atomic E-state index is -4.20. The highest BCUT2D eigenvalue weighted by Crippen LogP contribution is 2.31. The molecular formula is C21H18F2N2O5S. The molecule has 0 spiro atoms. The van der Waals surface area contributed by atoms with Gasteiger partial charge in [-0.2, -0.15) is 0 Å². The fraction of sp³-hybridized carbons (Fsp3) is 0.0952. The fourth-order valence-electron chi connectivity index (χ4n) is 2.70. The summed E-state index contributed by atoms with van der Waals surface area (Å²) in [6.45, 7) is 0. The van der Waals surface area contributed by atoms with Gasteiger partial charge in [0, 0.05) is 6.07 Å². The van der Waals surface area contributed by atoms with Gasteiger partial charge in [0.25, 0.3) is 15.9 Å². The molecule has 0 heterocycles. The third-order valence-electron chi connectivity index (χ3n) is 4.27. The Balaban J connectivity index is 1.85. The summed E-state index contributed by atoms with van der Waals surface area (Å²) < 4.78 is 66.2. The predicted molar refractivity (Wildman–Crippen MR) is 111 cm³/mol. The van der Waals surface area contributed by atoms with E-state index in [1.807, 2.05) is 0 Å². The standard InChI is InChI=1S/C21H18F2N2O5S/c1-29-13-7-10-20(30-2)19(11-13)25-31(27,28)14-8-9-18(17(23)12-14)24-21(26)15-5-3-4-6-16(15)22/h3-12,25H,1-2H3,(H,24,26). The van der Waals surface area contributed by atoms with Crippen LogP contribution in [0.15, 0.2) is 65.6 Å². The second-order valence-corrected chi connectivity index (χ2v) is 7.93. The van der Waals surface area contributed by atoms with Gasteiger partial charge >= 0.3 is 0 Å². The Bertz CT molecular complexity index is 1230. The Morgan fingerprint density at radius 1 is 0.871 bits per heavy atom. The Kier molecular flexibility index (Phi) is 6.40. The van der Waals surface area contributed by atoms with Gasteiger partial charge in [0.15, 0.2) is 0 Å². The van der Waals surface area contributed by atoms with Gasteiger partial charge in [-0.25, -0.2) is 17.2 Å². The molecular weight excluding hydrogens is 430 g/mol. The first-order chi connectivity index (χ1) is 14.7. The van der Waals surface area contributed by atoms with Crippen molar-refractivity contribution in [1.82, 2.24) is 0 Å². The van der Waals surface area contributed by atoms with Crippen molar-refractivity contribution in [3.63, 3.8) is 0 Å². The molecule has 3 aromatic rings. The molecule has 0 unspecified atom stereocenters. The first-order valence-electron chi connectivity index (χ1n) is 8.85. The van der Waals surface area contributed by atoms with Crippen LogP contribution in [0.4, 0.5) is 20.2 Å². The summed E-state index contributed by atoms with van der Waals surface area (Å²) in [4.78, 5) is 11.8. The van der Waals surface area contributed by atoms with Crippen molar-refractivity contribution < 1.29 is 31.5 Å². The van der Waals surface area contributed by atoms with Gasteiger partial charge in [0.1, 0.15) is 23.1 Å². The fourth-order valence-corrected chi connectivity index (χ4v) is 3.77. The monoisotopic (exact) mass is 448 g/mol.